The predicted molar refractivity (Wildman–Crippen MR) is 133 cm³/mol. The van der Waals surface area contributed by atoms with Gasteiger partial charge in [-0.25, -0.2) is 13.8 Å². The molecule has 1 aliphatic heterocycles. The number of aromatic nitrogens is 2. The minimum absolute atomic E-state index is 0.119. The molecule has 38 heavy (non-hydrogen) atoms. The van der Waals surface area contributed by atoms with Gasteiger partial charge in [-0.1, -0.05) is 18.2 Å². The summed E-state index contributed by atoms with van der Waals surface area (Å²) in [5.74, 6) is -2.88. The molecular formula is C22H29ClFN4O9P. The number of rotatable bonds is 11. The van der Waals surface area contributed by atoms with Crippen LogP contribution in [-0.4, -0.2) is 68.2 Å². The normalized spacial score (nSPS) is 25.6. The van der Waals surface area contributed by atoms with E-state index in [0.717, 1.165) is 0 Å². The molecule has 1 saturated heterocycles. The van der Waals surface area contributed by atoms with E-state index in [1.807, 2.05) is 0 Å². The van der Waals surface area contributed by atoms with Crippen LogP contribution in [0.3, 0.4) is 0 Å². The number of aliphatic hydroxyl groups excluding tert-OH is 2. The molecule has 0 bridgehead atoms. The monoisotopic (exact) mass is 578 g/mol. The number of nitrogen functional groups attached to an aromatic ring is 1. The largest absolute Gasteiger partial charge is 0.462 e. The topological polar surface area (TPSA) is 184 Å². The minimum atomic E-state index is -4.40. The smallest absolute Gasteiger partial charge is 0.459 e. The van der Waals surface area contributed by atoms with E-state index in [0.29, 0.717) is 10.8 Å². The molecule has 16 heteroatoms. The van der Waals surface area contributed by atoms with Crippen molar-refractivity contribution < 1.29 is 42.5 Å². The van der Waals surface area contributed by atoms with Crippen molar-refractivity contribution in [1.29, 1.82) is 0 Å². The van der Waals surface area contributed by atoms with Gasteiger partial charge in [-0.15, -0.1) is 11.6 Å². The maximum absolute atomic E-state index is 14.0. The molecule has 210 valence electrons. The number of aliphatic hydroxyl groups is 2. The van der Waals surface area contributed by atoms with E-state index in [9.17, 15) is 28.8 Å². The number of para-hydroxylation sites is 1. The van der Waals surface area contributed by atoms with Crippen molar-refractivity contribution in [3.63, 3.8) is 0 Å². The third-order valence-corrected chi connectivity index (χ3v) is 7.53. The predicted octanol–water partition coefficient (Wildman–Crippen LogP) is 1.33. The number of anilines is 1. The Kier molecular flexibility index (Phi) is 9.52. The highest BCUT2D eigenvalue weighted by Crippen LogP contribution is 2.48. The molecule has 0 aliphatic carbocycles. The number of hydrogen-bond acceptors (Lipinski definition) is 11. The van der Waals surface area contributed by atoms with Crippen LogP contribution in [0.2, 0.25) is 0 Å². The Morgan fingerprint density at radius 3 is 2.61 bits per heavy atom. The summed E-state index contributed by atoms with van der Waals surface area (Å²) in [6.07, 6.45) is -5.04. The maximum atomic E-state index is 14.0. The Morgan fingerprint density at radius 1 is 1.34 bits per heavy atom. The van der Waals surface area contributed by atoms with Gasteiger partial charge in [0.15, 0.2) is 17.9 Å². The van der Waals surface area contributed by atoms with Gasteiger partial charge in [0.05, 0.1) is 24.8 Å². The fraction of sp³-hybridized carbons (Fsp3) is 0.500. The van der Waals surface area contributed by atoms with Crippen molar-refractivity contribution in [3.05, 3.63) is 52.8 Å². The van der Waals surface area contributed by atoms with Crippen LogP contribution in [0.25, 0.3) is 0 Å². The van der Waals surface area contributed by atoms with Gasteiger partial charge in [-0.05, 0) is 32.9 Å². The summed E-state index contributed by atoms with van der Waals surface area (Å²) in [6, 6.07) is 6.73. The first-order valence-electron chi connectivity index (χ1n) is 11.4. The van der Waals surface area contributed by atoms with Gasteiger partial charge in [0.1, 0.15) is 29.6 Å². The lowest BCUT2D eigenvalue weighted by Crippen LogP contribution is -2.49. The molecule has 2 heterocycles. The van der Waals surface area contributed by atoms with E-state index < -0.39 is 79.7 Å². The number of nitrogens with two attached hydrogens (primary N) is 1. The molecule has 1 fully saturated rings. The zero-order valence-electron chi connectivity index (χ0n) is 20.7. The van der Waals surface area contributed by atoms with Crippen molar-refractivity contribution in [2.45, 2.75) is 57.0 Å². The van der Waals surface area contributed by atoms with Gasteiger partial charge in [-0.2, -0.15) is 10.1 Å². The molecular weight excluding hydrogens is 550 g/mol. The molecule has 1 aromatic heterocycles. The van der Waals surface area contributed by atoms with E-state index in [2.05, 4.69) is 10.1 Å². The number of benzene rings is 1. The van der Waals surface area contributed by atoms with Crippen LogP contribution in [0, 0.1) is 5.82 Å². The molecule has 0 radical (unpaired) electrons. The van der Waals surface area contributed by atoms with E-state index in [4.69, 9.17) is 35.9 Å². The van der Waals surface area contributed by atoms with Crippen LogP contribution in [0.5, 0.6) is 5.75 Å². The highest BCUT2D eigenvalue weighted by molar-refractivity contribution is 7.52. The highest BCUT2D eigenvalue weighted by atomic mass is 35.5. The highest BCUT2D eigenvalue weighted by Gasteiger charge is 2.56. The molecule has 0 spiro atoms. The lowest BCUT2D eigenvalue weighted by Gasteiger charge is -2.31. The fourth-order valence-electron chi connectivity index (χ4n) is 3.51. The molecule has 13 nitrogen and oxygen atoms in total. The molecule has 5 N–H and O–H groups in total. The second-order valence-electron chi connectivity index (χ2n) is 8.82. The molecule has 1 unspecified atom stereocenters. The fourth-order valence-corrected chi connectivity index (χ4v) is 5.35. The summed E-state index contributed by atoms with van der Waals surface area (Å²) < 4.78 is 50.2. The standard InChI is InChI=1S/C22H29ClFN4O9P/c1-12(2)35-20(31)13(3)27-38(33,37-14-7-5-4-6-8-14)34-11-22(10-23)17(30)16(29)19(36-22)28-9-15(24)18(25)26-21(28)32/h4-9,12-13,16-17,19,29-30H,10-11H2,1-3H3,(H,27,33)(H2,25,26,32)/t13-,16-,17-,19+,22+,38?/m0/s1. The molecule has 6 atom stereocenters. The second kappa shape index (κ2) is 12.1. The zero-order chi connectivity index (χ0) is 28.3. The van der Waals surface area contributed by atoms with Gasteiger partial charge < -0.3 is 29.9 Å². The summed E-state index contributed by atoms with van der Waals surface area (Å²) in [5.41, 5.74) is 2.28. The van der Waals surface area contributed by atoms with E-state index in [1.165, 1.54) is 19.1 Å². The van der Waals surface area contributed by atoms with Crippen molar-refractivity contribution in [2.24, 2.45) is 0 Å². The summed E-state index contributed by atoms with van der Waals surface area (Å²) in [4.78, 5) is 27.9. The van der Waals surface area contributed by atoms with E-state index in [-0.39, 0.29) is 5.75 Å². The number of alkyl halides is 1. The molecule has 3 rings (SSSR count). The Bertz CT molecular complexity index is 1240. The molecule has 1 aromatic carbocycles. The Balaban J connectivity index is 1.87. The number of halogens is 2. The number of hydrogen-bond donors (Lipinski definition) is 4. The minimum Gasteiger partial charge on any atom is -0.462 e. The third kappa shape index (κ3) is 6.70. The van der Waals surface area contributed by atoms with Gasteiger partial charge >= 0.3 is 19.4 Å². The van der Waals surface area contributed by atoms with Crippen molar-refractivity contribution in [1.82, 2.24) is 14.6 Å². The number of esters is 1. The van der Waals surface area contributed by atoms with Gasteiger partial charge in [-0.3, -0.25) is 13.9 Å². The molecule has 1 aliphatic rings. The van der Waals surface area contributed by atoms with Crippen molar-refractivity contribution in [3.8, 4) is 5.75 Å². The average molecular weight is 579 g/mol. The van der Waals surface area contributed by atoms with Crippen LogP contribution < -0.4 is 21.0 Å². The van der Waals surface area contributed by atoms with Crippen LogP contribution in [0.4, 0.5) is 10.2 Å². The second-order valence-corrected chi connectivity index (χ2v) is 10.8. The van der Waals surface area contributed by atoms with E-state index in [1.54, 1.807) is 32.0 Å². The number of carbonyl (C=O) groups is 1. The lowest BCUT2D eigenvalue weighted by atomic mass is 9.98. The summed E-state index contributed by atoms with van der Waals surface area (Å²) in [5, 5.41) is 23.9. The number of carbonyl (C=O) groups excluding carboxylic acids is 1. The van der Waals surface area contributed by atoms with Gasteiger partial charge in [0.25, 0.3) is 0 Å². The quantitative estimate of drug-likeness (QED) is 0.171. The first kappa shape index (κ1) is 30.0. The van der Waals surface area contributed by atoms with Crippen molar-refractivity contribution in [2.75, 3.05) is 18.2 Å². The van der Waals surface area contributed by atoms with Gasteiger partial charge in [0, 0.05) is 0 Å². The molecule has 0 amide bonds. The molecule has 0 saturated carbocycles. The van der Waals surface area contributed by atoms with Crippen LogP contribution in [0.15, 0.2) is 41.3 Å². The zero-order valence-corrected chi connectivity index (χ0v) is 22.3. The number of nitrogens with one attached hydrogen (secondary N) is 1. The third-order valence-electron chi connectivity index (χ3n) is 5.45. The van der Waals surface area contributed by atoms with Crippen molar-refractivity contribution >= 4 is 31.1 Å². The average Bonchev–Trinajstić information content (AvgIpc) is 3.11. The Morgan fingerprint density at radius 2 is 2.00 bits per heavy atom. The van der Waals surface area contributed by atoms with Crippen LogP contribution in [0.1, 0.15) is 27.0 Å². The first-order chi connectivity index (χ1) is 17.8. The SMILES string of the molecule is CC(C)OC(=O)[C@H](C)NP(=O)(OC[C@@]1(CCl)O[C@@H](n2cc(F)c(N)nc2=O)[C@@H](O)[C@@H]1O)Oc1ccccc1. The van der Waals surface area contributed by atoms with Crippen LogP contribution in [-0.2, 0) is 23.4 Å². The van der Waals surface area contributed by atoms with E-state index >= 15 is 0 Å². The van der Waals surface area contributed by atoms with Gasteiger partial charge in [0.2, 0.25) is 0 Å². The number of nitrogens with zero attached hydrogens (tertiary/aromatic N) is 2. The molecule has 2 aromatic rings. The maximum Gasteiger partial charge on any atom is 0.459 e. The summed E-state index contributed by atoms with van der Waals surface area (Å²) in [6.45, 7) is 3.90. The first-order valence-corrected chi connectivity index (χ1v) is 13.5. The Hall–Kier alpha value is -2.58. The van der Waals surface area contributed by atoms with Crippen LogP contribution >= 0.6 is 19.3 Å². The summed E-state index contributed by atoms with van der Waals surface area (Å²) in [7, 11) is -4.40. The number of ether oxygens (including phenoxy) is 2. The Labute approximate surface area is 222 Å². The lowest BCUT2D eigenvalue weighted by molar-refractivity contribution is -0.149. The summed E-state index contributed by atoms with van der Waals surface area (Å²) >= 11 is 6.08.